The van der Waals surface area contributed by atoms with Gasteiger partial charge in [0.05, 0.1) is 6.42 Å². The van der Waals surface area contributed by atoms with Crippen molar-refractivity contribution in [2.45, 2.75) is 19.3 Å². The smallest absolute Gasteiger partial charge is 0.303 e. The van der Waals surface area contributed by atoms with E-state index < -0.39 is 5.97 Å². The third-order valence-corrected chi connectivity index (χ3v) is 4.05. The third kappa shape index (κ3) is 2.88. The Morgan fingerprint density at radius 1 is 1.23 bits per heavy atom. The zero-order valence-corrected chi connectivity index (χ0v) is 12.8. The molecule has 0 fully saturated rings. The minimum absolute atomic E-state index is 0.0810. The molecule has 1 N–H and O–H groups in total. The molecule has 2 aromatic rings. The maximum atomic E-state index is 10.9. The number of hydrogen-bond donors (Lipinski definition) is 1. The fourth-order valence-corrected chi connectivity index (χ4v) is 2.74. The van der Waals surface area contributed by atoms with Crippen molar-refractivity contribution in [1.29, 1.82) is 0 Å². The Hall–Kier alpha value is -2.20. The summed E-state index contributed by atoms with van der Waals surface area (Å²) in [6.45, 7) is 2.11. The standard InChI is InChI=1S/C17H15ClO4/c1-10(6-17(19)20)11-2-4-14(18)13(7-11)12-3-5-15-16(8-12)22-9-21-15/h2-5,7-8,10H,6,9H2,1H3,(H,19,20). The summed E-state index contributed by atoms with van der Waals surface area (Å²) in [5, 5.41) is 9.55. The number of hydrogen-bond acceptors (Lipinski definition) is 3. The zero-order valence-electron chi connectivity index (χ0n) is 12.0. The van der Waals surface area contributed by atoms with E-state index in [1.165, 1.54) is 0 Å². The minimum atomic E-state index is -0.813. The van der Waals surface area contributed by atoms with Crippen LogP contribution >= 0.6 is 11.6 Å². The molecule has 4 nitrogen and oxygen atoms in total. The Morgan fingerprint density at radius 2 is 2.00 bits per heavy atom. The lowest BCUT2D eigenvalue weighted by Gasteiger charge is -2.13. The Bertz CT molecular complexity index is 727. The first-order valence-electron chi connectivity index (χ1n) is 6.96. The predicted octanol–water partition coefficient (Wildman–Crippen LogP) is 4.31. The van der Waals surface area contributed by atoms with Gasteiger partial charge in [-0.25, -0.2) is 0 Å². The number of carboxylic acids is 1. The number of aliphatic carboxylic acids is 1. The molecule has 2 aromatic carbocycles. The SMILES string of the molecule is CC(CC(=O)O)c1ccc(Cl)c(-c2ccc3c(c2)OCO3)c1. The van der Waals surface area contributed by atoms with Crippen molar-refractivity contribution >= 4 is 17.6 Å². The summed E-state index contributed by atoms with van der Waals surface area (Å²) in [5.74, 6) is 0.516. The Labute approximate surface area is 133 Å². The summed E-state index contributed by atoms with van der Waals surface area (Å²) < 4.78 is 10.7. The van der Waals surface area contributed by atoms with Gasteiger partial charge in [0.1, 0.15) is 0 Å². The first-order chi connectivity index (χ1) is 10.5. The van der Waals surface area contributed by atoms with Gasteiger partial charge in [0.15, 0.2) is 11.5 Å². The molecule has 0 saturated carbocycles. The van der Waals surface area contributed by atoms with E-state index in [2.05, 4.69) is 0 Å². The normalized spacial score (nSPS) is 13.9. The summed E-state index contributed by atoms with van der Waals surface area (Å²) in [6, 6.07) is 11.3. The van der Waals surface area contributed by atoms with Crippen molar-refractivity contribution < 1.29 is 19.4 Å². The van der Waals surface area contributed by atoms with Crippen LogP contribution in [0.4, 0.5) is 0 Å². The quantitative estimate of drug-likeness (QED) is 0.912. The second-order valence-corrected chi connectivity index (χ2v) is 5.71. The number of carbonyl (C=O) groups is 1. The maximum Gasteiger partial charge on any atom is 0.303 e. The first-order valence-corrected chi connectivity index (χ1v) is 7.33. The second kappa shape index (κ2) is 5.89. The van der Waals surface area contributed by atoms with E-state index in [-0.39, 0.29) is 19.1 Å². The van der Waals surface area contributed by atoms with E-state index in [0.717, 1.165) is 22.4 Å². The molecule has 22 heavy (non-hydrogen) atoms. The molecule has 0 spiro atoms. The lowest BCUT2D eigenvalue weighted by Crippen LogP contribution is -2.03. The van der Waals surface area contributed by atoms with Crippen LogP contribution in [0.3, 0.4) is 0 Å². The zero-order chi connectivity index (χ0) is 15.7. The lowest BCUT2D eigenvalue weighted by atomic mass is 9.94. The number of carboxylic acid groups (broad SMARTS) is 1. The molecule has 1 aliphatic rings. The van der Waals surface area contributed by atoms with Crippen molar-refractivity contribution in [3.8, 4) is 22.6 Å². The largest absolute Gasteiger partial charge is 0.481 e. The van der Waals surface area contributed by atoms with Crippen molar-refractivity contribution in [2.75, 3.05) is 6.79 Å². The van der Waals surface area contributed by atoms with Gasteiger partial charge >= 0.3 is 5.97 Å². The van der Waals surface area contributed by atoms with E-state index in [0.29, 0.717) is 10.8 Å². The Balaban J connectivity index is 1.98. The van der Waals surface area contributed by atoms with Crippen molar-refractivity contribution in [3.05, 3.63) is 47.0 Å². The van der Waals surface area contributed by atoms with Crippen LogP contribution in [0.15, 0.2) is 36.4 Å². The Morgan fingerprint density at radius 3 is 2.77 bits per heavy atom. The molecule has 1 unspecified atom stereocenters. The van der Waals surface area contributed by atoms with Crippen LogP contribution in [0.25, 0.3) is 11.1 Å². The van der Waals surface area contributed by atoms with Crippen molar-refractivity contribution in [3.63, 3.8) is 0 Å². The van der Waals surface area contributed by atoms with E-state index in [1.807, 2.05) is 37.3 Å². The highest BCUT2D eigenvalue weighted by Crippen LogP contribution is 2.39. The van der Waals surface area contributed by atoms with E-state index >= 15 is 0 Å². The molecule has 1 heterocycles. The fraction of sp³-hybridized carbons (Fsp3) is 0.235. The van der Waals surface area contributed by atoms with E-state index in [1.54, 1.807) is 6.07 Å². The summed E-state index contributed by atoms with van der Waals surface area (Å²) in [4.78, 5) is 10.9. The summed E-state index contributed by atoms with van der Waals surface area (Å²) >= 11 is 6.30. The fourth-order valence-electron chi connectivity index (χ4n) is 2.51. The molecule has 0 saturated heterocycles. The molecular formula is C17H15ClO4. The second-order valence-electron chi connectivity index (χ2n) is 5.31. The summed E-state index contributed by atoms with van der Waals surface area (Å²) in [7, 11) is 0. The molecule has 1 atom stereocenters. The van der Waals surface area contributed by atoms with Crippen LogP contribution in [0.5, 0.6) is 11.5 Å². The molecule has 1 aliphatic heterocycles. The topological polar surface area (TPSA) is 55.8 Å². The third-order valence-electron chi connectivity index (χ3n) is 3.72. The van der Waals surface area contributed by atoms with Gasteiger partial charge in [-0.05, 0) is 41.3 Å². The van der Waals surface area contributed by atoms with Crippen molar-refractivity contribution in [2.24, 2.45) is 0 Å². The molecule has 0 bridgehead atoms. The van der Waals surface area contributed by atoms with Gasteiger partial charge in [-0.15, -0.1) is 0 Å². The van der Waals surface area contributed by atoms with Crippen LogP contribution in [0.1, 0.15) is 24.8 Å². The lowest BCUT2D eigenvalue weighted by molar-refractivity contribution is -0.137. The summed E-state index contributed by atoms with van der Waals surface area (Å²) in [6.07, 6.45) is 0.0855. The molecule has 0 aromatic heterocycles. The van der Waals surface area contributed by atoms with Gasteiger partial charge in [-0.1, -0.05) is 30.7 Å². The number of halogens is 1. The average molecular weight is 319 g/mol. The molecule has 0 aliphatic carbocycles. The number of rotatable bonds is 4. The van der Waals surface area contributed by atoms with Crippen LogP contribution in [-0.2, 0) is 4.79 Å². The monoisotopic (exact) mass is 318 g/mol. The molecule has 5 heteroatoms. The van der Waals surface area contributed by atoms with E-state index in [4.69, 9.17) is 26.2 Å². The molecule has 0 amide bonds. The Kier molecular flexibility index (Phi) is 3.94. The predicted molar refractivity (Wildman–Crippen MR) is 83.7 cm³/mol. The van der Waals surface area contributed by atoms with Gasteiger partial charge in [-0.3, -0.25) is 4.79 Å². The van der Waals surface area contributed by atoms with Crippen LogP contribution in [0.2, 0.25) is 5.02 Å². The highest BCUT2D eigenvalue weighted by atomic mass is 35.5. The highest BCUT2D eigenvalue weighted by molar-refractivity contribution is 6.33. The van der Waals surface area contributed by atoms with Crippen molar-refractivity contribution in [1.82, 2.24) is 0 Å². The average Bonchev–Trinajstić information content (AvgIpc) is 2.94. The van der Waals surface area contributed by atoms with Gasteiger partial charge in [0, 0.05) is 10.6 Å². The first kappa shape index (κ1) is 14.7. The minimum Gasteiger partial charge on any atom is -0.481 e. The van der Waals surface area contributed by atoms with Crippen LogP contribution in [-0.4, -0.2) is 17.9 Å². The van der Waals surface area contributed by atoms with Gasteiger partial charge in [0.2, 0.25) is 6.79 Å². The molecule has 114 valence electrons. The number of benzene rings is 2. The molecule has 0 radical (unpaired) electrons. The van der Waals surface area contributed by atoms with Gasteiger partial charge < -0.3 is 14.6 Å². The maximum absolute atomic E-state index is 10.9. The summed E-state index contributed by atoms with van der Waals surface area (Å²) in [5.41, 5.74) is 2.72. The molecular weight excluding hydrogens is 304 g/mol. The van der Waals surface area contributed by atoms with Crippen LogP contribution in [0, 0.1) is 0 Å². The van der Waals surface area contributed by atoms with Crippen LogP contribution < -0.4 is 9.47 Å². The number of fused-ring (bicyclic) bond motifs is 1. The highest BCUT2D eigenvalue weighted by Gasteiger charge is 2.17. The van der Waals surface area contributed by atoms with Gasteiger partial charge in [-0.2, -0.15) is 0 Å². The number of ether oxygens (including phenoxy) is 2. The van der Waals surface area contributed by atoms with E-state index in [9.17, 15) is 4.79 Å². The van der Waals surface area contributed by atoms with Gasteiger partial charge in [0.25, 0.3) is 0 Å². The molecule has 3 rings (SSSR count).